The minimum atomic E-state index is -0.330. The average Bonchev–Trinajstić information content (AvgIpc) is 2.60. The Morgan fingerprint density at radius 3 is 2.54 bits per heavy atom. The van der Waals surface area contributed by atoms with E-state index < -0.39 is 0 Å². The predicted octanol–water partition coefficient (Wildman–Crippen LogP) is 2.77. The summed E-state index contributed by atoms with van der Waals surface area (Å²) in [5.74, 6) is 5.77. The zero-order valence-electron chi connectivity index (χ0n) is 14.9. The highest BCUT2D eigenvalue weighted by molar-refractivity contribution is 7.99. The fourth-order valence-electron chi connectivity index (χ4n) is 2.91. The van der Waals surface area contributed by atoms with Gasteiger partial charge in [-0.05, 0) is 44.0 Å². The van der Waals surface area contributed by atoms with Gasteiger partial charge in [0.1, 0.15) is 0 Å². The summed E-state index contributed by atoms with van der Waals surface area (Å²) >= 11 is 1.13. The zero-order chi connectivity index (χ0) is 18.8. The van der Waals surface area contributed by atoms with Crippen molar-refractivity contribution < 1.29 is 4.79 Å². The van der Waals surface area contributed by atoms with Crippen LogP contribution in [0.25, 0.3) is 10.9 Å². The second-order valence-electron chi connectivity index (χ2n) is 6.20. The number of hydrogen-bond acceptors (Lipinski definition) is 5. The van der Waals surface area contributed by atoms with Crippen molar-refractivity contribution in [2.24, 2.45) is 0 Å². The Balaban J connectivity index is 1.77. The number of aromatic nitrogens is 2. The summed E-state index contributed by atoms with van der Waals surface area (Å²) in [4.78, 5) is 29.0. The molecule has 7 heteroatoms. The maximum absolute atomic E-state index is 12.3. The normalized spacial score (nSPS) is 10.9. The van der Waals surface area contributed by atoms with Gasteiger partial charge in [-0.25, -0.2) is 9.66 Å². The predicted molar refractivity (Wildman–Crippen MR) is 106 cm³/mol. The van der Waals surface area contributed by atoms with E-state index in [1.807, 2.05) is 32.9 Å². The van der Waals surface area contributed by atoms with E-state index in [4.69, 9.17) is 5.84 Å². The number of carbonyl (C=O) groups is 1. The summed E-state index contributed by atoms with van der Waals surface area (Å²) in [6.07, 6.45) is 0. The van der Waals surface area contributed by atoms with Gasteiger partial charge in [0.05, 0.1) is 16.7 Å². The van der Waals surface area contributed by atoms with E-state index in [2.05, 4.69) is 10.3 Å². The minimum absolute atomic E-state index is 0.106. The molecule has 3 rings (SSSR count). The third-order valence-electron chi connectivity index (χ3n) is 4.05. The van der Waals surface area contributed by atoms with Gasteiger partial charge >= 0.3 is 0 Å². The van der Waals surface area contributed by atoms with Gasteiger partial charge in [0.25, 0.3) is 5.56 Å². The molecular weight excluding hydrogens is 348 g/mol. The second-order valence-corrected chi connectivity index (χ2v) is 7.14. The molecule has 0 fully saturated rings. The first-order valence-corrected chi connectivity index (χ1v) is 9.12. The van der Waals surface area contributed by atoms with Crippen LogP contribution in [-0.2, 0) is 4.79 Å². The maximum atomic E-state index is 12.3. The Hall–Kier alpha value is -2.80. The monoisotopic (exact) mass is 368 g/mol. The molecule has 0 aliphatic heterocycles. The van der Waals surface area contributed by atoms with Crippen LogP contribution in [0.15, 0.2) is 46.3 Å². The van der Waals surface area contributed by atoms with E-state index in [9.17, 15) is 9.59 Å². The smallest absolute Gasteiger partial charge is 0.280 e. The van der Waals surface area contributed by atoms with Crippen molar-refractivity contribution in [2.75, 3.05) is 16.9 Å². The molecular formula is C19H20N4O2S. The van der Waals surface area contributed by atoms with E-state index in [1.54, 1.807) is 24.3 Å². The highest BCUT2D eigenvalue weighted by atomic mass is 32.2. The van der Waals surface area contributed by atoms with E-state index in [0.29, 0.717) is 16.1 Å². The number of para-hydroxylation sites is 1. The van der Waals surface area contributed by atoms with Crippen LogP contribution in [0, 0.1) is 20.8 Å². The van der Waals surface area contributed by atoms with Crippen molar-refractivity contribution in [1.29, 1.82) is 0 Å². The Labute approximate surface area is 155 Å². The van der Waals surface area contributed by atoms with Gasteiger partial charge in [0.15, 0.2) is 5.16 Å². The lowest BCUT2D eigenvalue weighted by Crippen LogP contribution is -2.30. The van der Waals surface area contributed by atoms with Crippen LogP contribution >= 0.6 is 11.8 Å². The number of anilines is 1. The average molecular weight is 368 g/mol. The van der Waals surface area contributed by atoms with Crippen molar-refractivity contribution in [3.63, 3.8) is 0 Å². The van der Waals surface area contributed by atoms with E-state index in [-0.39, 0.29) is 17.2 Å². The van der Waals surface area contributed by atoms with Crippen molar-refractivity contribution >= 4 is 34.3 Å². The summed E-state index contributed by atoms with van der Waals surface area (Å²) in [6.45, 7) is 5.95. The second kappa shape index (κ2) is 7.21. The molecule has 0 saturated carbocycles. The summed E-state index contributed by atoms with van der Waals surface area (Å²) < 4.78 is 0.989. The lowest BCUT2D eigenvalue weighted by molar-refractivity contribution is -0.113. The topological polar surface area (TPSA) is 90.0 Å². The number of nitrogen functional groups attached to an aromatic ring is 1. The number of nitrogens with zero attached hydrogens (tertiary/aromatic N) is 2. The van der Waals surface area contributed by atoms with Gasteiger partial charge in [0.2, 0.25) is 5.91 Å². The van der Waals surface area contributed by atoms with Crippen LogP contribution in [0.2, 0.25) is 0 Å². The standard InChI is InChI=1S/C19H20N4O2S/c1-11-8-12(2)17(13(3)9-11)22-16(24)10-26-19-21-15-7-5-4-6-14(15)18(25)23(19)20/h4-9H,10,20H2,1-3H3,(H,22,24). The SMILES string of the molecule is Cc1cc(C)c(NC(=O)CSc2nc3ccccc3c(=O)n2N)c(C)c1. The quantitative estimate of drug-likeness (QED) is 0.420. The van der Waals surface area contributed by atoms with Crippen LogP contribution in [-0.4, -0.2) is 21.3 Å². The van der Waals surface area contributed by atoms with E-state index >= 15 is 0 Å². The lowest BCUT2D eigenvalue weighted by atomic mass is 10.1. The fraction of sp³-hybridized carbons (Fsp3) is 0.211. The van der Waals surface area contributed by atoms with Crippen molar-refractivity contribution in [3.8, 4) is 0 Å². The highest BCUT2D eigenvalue weighted by Crippen LogP contribution is 2.23. The molecule has 0 spiro atoms. The van der Waals surface area contributed by atoms with Gasteiger partial charge in [0, 0.05) is 5.69 Å². The Kier molecular flexibility index (Phi) is 4.99. The number of nitrogens with one attached hydrogen (secondary N) is 1. The summed E-state index contributed by atoms with van der Waals surface area (Å²) in [6, 6.07) is 11.0. The van der Waals surface area contributed by atoms with Crippen LogP contribution in [0.4, 0.5) is 5.69 Å². The number of fused-ring (bicyclic) bond motifs is 1. The molecule has 0 radical (unpaired) electrons. The number of thioether (sulfide) groups is 1. The van der Waals surface area contributed by atoms with Crippen LogP contribution in [0.3, 0.4) is 0 Å². The number of nitrogens with two attached hydrogens (primary N) is 1. The highest BCUT2D eigenvalue weighted by Gasteiger charge is 2.13. The molecule has 1 amide bonds. The first-order chi connectivity index (χ1) is 12.4. The van der Waals surface area contributed by atoms with Gasteiger partial charge in [-0.3, -0.25) is 9.59 Å². The molecule has 0 bridgehead atoms. The minimum Gasteiger partial charge on any atom is -0.334 e. The number of amides is 1. The van der Waals surface area contributed by atoms with Gasteiger partial charge < -0.3 is 11.2 Å². The third-order valence-corrected chi connectivity index (χ3v) is 5.00. The number of aryl methyl sites for hydroxylation is 3. The van der Waals surface area contributed by atoms with E-state index in [1.165, 1.54) is 0 Å². The molecule has 3 aromatic rings. The Morgan fingerprint density at radius 1 is 1.19 bits per heavy atom. The zero-order valence-corrected chi connectivity index (χ0v) is 15.7. The van der Waals surface area contributed by atoms with Crippen molar-refractivity contribution in [3.05, 3.63) is 63.4 Å². The molecule has 6 nitrogen and oxygen atoms in total. The molecule has 26 heavy (non-hydrogen) atoms. The van der Waals surface area contributed by atoms with Crippen molar-refractivity contribution in [2.45, 2.75) is 25.9 Å². The van der Waals surface area contributed by atoms with Crippen molar-refractivity contribution in [1.82, 2.24) is 9.66 Å². The van der Waals surface area contributed by atoms with Gasteiger partial charge in [-0.15, -0.1) is 0 Å². The van der Waals surface area contributed by atoms with Gasteiger partial charge in [-0.1, -0.05) is 41.6 Å². The largest absolute Gasteiger partial charge is 0.334 e. The lowest BCUT2D eigenvalue weighted by Gasteiger charge is -2.13. The molecule has 134 valence electrons. The molecule has 0 aliphatic carbocycles. The summed E-state index contributed by atoms with van der Waals surface area (Å²) in [7, 11) is 0. The van der Waals surface area contributed by atoms with E-state index in [0.717, 1.165) is 38.8 Å². The number of rotatable bonds is 4. The maximum Gasteiger partial charge on any atom is 0.280 e. The van der Waals surface area contributed by atoms with Gasteiger partial charge in [-0.2, -0.15) is 0 Å². The molecule has 3 N–H and O–H groups in total. The molecule has 0 unspecified atom stereocenters. The molecule has 0 atom stereocenters. The fourth-order valence-corrected chi connectivity index (χ4v) is 3.63. The molecule has 1 heterocycles. The number of benzene rings is 2. The first-order valence-electron chi connectivity index (χ1n) is 8.14. The molecule has 0 aliphatic rings. The summed E-state index contributed by atoms with van der Waals surface area (Å²) in [5.41, 5.74) is 4.23. The van der Waals surface area contributed by atoms with Crippen LogP contribution in [0.5, 0.6) is 0 Å². The first kappa shape index (κ1) is 18.0. The Bertz CT molecular complexity index is 1040. The molecule has 2 aromatic carbocycles. The Morgan fingerprint density at radius 2 is 1.85 bits per heavy atom. The number of hydrogen-bond donors (Lipinski definition) is 2. The summed E-state index contributed by atoms with van der Waals surface area (Å²) in [5, 5.41) is 3.69. The molecule has 1 aromatic heterocycles. The molecule has 0 saturated heterocycles. The van der Waals surface area contributed by atoms with Crippen LogP contribution in [0.1, 0.15) is 16.7 Å². The van der Waals surface area contributed by atoms with Crippen LogP contribution < -0.4 is 16.7 Å². The third kappa shape index (κ3) is 3.57. The number of carbonyl (C=O) groups excluding carboxylic acids is 1.